The minimum absolute atomic E-state index is 0.167. The predicted octanol–water partition coefficient (Wildman–Crippen LogP) is 2.31. The summed E-state index contributed by atoms with van der Waals surface area (Å²) in [5, 5.41) is 3.27. The Kier molecular flexibility index (Phi) is 5.18. The maximum Gasteiger partial charge on any atom is 0.175 e. The highest BCUT2D eigenvalue weighted by Gasteiger charge is 2.19. The van der Waals surface area contributed by atoms with E-state index in [0.29, 0.717) is 11.0 Å². The molecule has 1 heterocycles. The fourth-order valence-corrected chi connectivity index (χ4v) is 3.34. The molecule has 112 valence electrons. The normalized spacial score (nSPS) is 21.0. The van der Waals surface area contributed by atoms with E-state index in [9.17, 15) is 8.42 Å². The predicted molar refractivity (Wildman–Crippen MR) is 79.6 cm³/mol. The van der Waals surface area contributed by atoms with Crippen molar-refractivity contribution in [2.45, 2.75) is 42.7 Å². The fourth-order valence-electron chi connectivity index (χ4n) is 2.66. The molecule has 1 fully saturated rings. The molecule has 1 N–H and O–H groups in total. The van der Waals surface area contributed by atoms with Crippen molar-refractivity contribution in [3.8, 4) is 0 Å². The molecule has 1 aromatic rings. The van der Waals surface area contributed by atoms with Gasteiger partial charge in [0, 0.05) is 18.9 Å². The molecule has 2 rings (SSSR count). The van der Waals surface area contributed by atoms with Crippen LogP contribution in [-0.4, -0.2) is 34.4 Å². The van der Waals surface area contributed by atoms with Gasteiger partial charge in [-0.05, 0) is 50.4 Å². The summed E-state index contributed by atoms with van der Waals surface area (Å²) in [5.74, 6) is 0. The van der Waals surface area contributed by atoms with Crippen LogP contribution in [0.1, 0.15) is 37.3 Å². The molecule has 0 aromatic heterocycles. The van der Waals surface area contributed by atoms with E-state index in [1.165, 1.54) is 6.26 Å². The summed E-state index contributed by atoms with van der Waals surface area (Å²) < 4.78 is 28.9. The van der Waals surface area contributed by atoms with Gasteiger partial charge < -0.3 is 10.1 Å². The van der Waals surface area contributed by atoms with Crippen LogP contribution in [-0.2, 0) is 14.6 Å². The van der Waals surface area contributed by atoms with Crippen LogP contribution >= 0.6 is 0 Å². The molecule has 0 saturated carbocycles. The second-order valence-corrected chi connectivity index (χ2v) is 7.41. The molecule has 20 heavy (non-hydrogen) atoms. The molecular weight excluding hydrogens is 274 g/mol. The van der Waals surface area contributed by atoms with Gasteiger partial charge in [-0.1, -0.05) is 12.1 Å². The van der Waals surface area contributed by atoms with Crippen molar-refractivity contribution in [2.75, 3.05) is 19.9 Å². The first-order valence-corrected chi connectivity index (χ1v) is 8.98. The van der Waals surface area contributed by atoms with Gasteiger partial charge >= 0.3 is 0 Å². The third-order valence-corrected chi connectivity index (χ3v) is 4.95. The molecular formula is C15H23NO3S. The molecule has 0 amide bonds. The molecule has 1 aliphatic rings. The van der Waals surface area contributed by atoms with Crippen LogP contribution in [0.15, 0.2) is 29.2 Å². The zero-order chi connectivity index (χ0) is 14.6. The van der Waals surface area contributed by atoms with E-state index in [2.05, 4.69) is 5.32 Å². The Morgan fingerprint density at radius 1 is 1.45 bits per heavy atom. The van der Waals surface area contributed by atoms with Gasteiger partial charge in [-0.15, -0.1) is 0 Å². The SMILES string of the molecule is CNC(CCC1CCCO1)c1cccc(S(C)(=O)=O)c1. The zero-order valence-electron chi connectivity index (χ0n) is 12.1. The van der Waals surface area contributed by atoms with Gasteiger partial charge in [-0.2, -0.15) is 0 Å². The summed E-state index contributed by atoms with van der Waals surface area (Å²) in [6.07, 6.45) is 5.86. The highest BCUT2D eigenvalue weighted by Crippen LogP contribution is 2.25. The molecule has 0 bridgehead atoms. The van der Waals surface area contributed by atoms with E-state index < -0.39 is 9.84 Å². The quantitative estimate of drug-likeness (QED) is 0.875. The summed E-state index contributed by atoms with van der Waals surface area (Å²) in [7, 11) is -1.24. The Hall–Kier alpha value is -0.910. The zero-order valence-corrected chi connectivity index (χ0v) is 12.9. The summed E-state index contributed by atoms with van der Waals surface area (Å²) in [5.41, 5.74) is 1.02. The van der Waals surface area contributed by atoms with E-state index >= 15 is 0 Å². The molecule has 0 radical (unpaired) electrons. The third kappa shape index (κ3) is 4.04. The number of nitrogens with one attached hydrogen (secondary N) is 1. The molecule has 0 aliphatic carbocycles. The Morgan fingerprint density at radius 2 is 2.25 bits per heavy atom. The summed E-state index contributed by atoms with van der Waals surface area (Å²) in [6, 6.07) is 7.37. The number of ether oxygens (including phenoxy) is 1. The molecule has 2 atom stereocenters. The number of hydrogen-bond acceptors (Lipinski definition) is 4. The summed E-state index contributed by atoms with van der Waals surface area (Å²) in [6.45, 7) is 0.873. The molecule has 2 unspecified atom stereocenters. The fraction of sp³-hybridized carbons (Fsp3) is 0.600. The molecule has 1 aromatic carbocycles. The maximum absolute atomic E-state index is 11.6. The van der Waals surface area contributed by atoms with Crippen LogP contribution in [0, 0.1) is 0 Å². The average Bonchev–Trinajstić information content (AvgIpc) is 2.92. The van der Waals surface area contributed by atoms with E-state index in [1.807, 2.05) is 19.2 Å². The van der Waals surface area contributed by atoms with Crippen molar-refractivity contribution in [1.82, 2.24) is 5.32 Å². The van der Waals surface area contributed by atoms with Gasteiger partial charge in [0.1, 0.15) is 0 Å². The molecule has 1 aliphatic heterocycles. The van der Waals surface area contributed by atoms with Gasteiger partial charge in [0.15, 0.2) is 9.84 Å². The third-order valence-electron chi connectivity index (χ3n) is 3.84. The minimum atomic E-state index is -3.15. The van der Waals surface area contributed by atoms with Crippen molar-refractivity contribution in [1.29, 1.82) is 0 Å². The van der Waals surface area contributed by atoms with Crippen molar-refractivity contribution < 1.29 is 13.2 Å². The summed E-state index contributed by atoms with van der Waals surface area (Å²) in [4.78, 5) is 0.382. The summed E-state index contributed by atoms with van der Waals surface area (Å²) >= 11 is 0. The van der Waals surface area contributed by atoms with E-state index in [1.54, 1.807) is 12.1 Å². The number of rotatable bonds is 6. The lowest BCUT2D eigenvalue weighted by Crippen LogP contribution is -2.19. The topological polar surface area (TPSA) is 55.4 Å². The Labute approximate surface area is 121 Å². The van der Waals surface area contributed by atoms with Crippen molar-refractivity contribution in [3.05, 3.63) is 29.8 Å². The largest absolute Gasteiger partial charge is 0.378 e. The number of hydrogen-bond donors (Lipinski definition) is 1. The maximum atomic E-state index is 11.6. The van der Waals surface area contributed by atoms with Crippen LogP contribution in [0.2, 0.25) is 0 Å². The highest BCUT2D eigenvalue weighted by molar-refractivity contribution is 7.90. The van der Waals surface area contributed by atoms with Crippen LogP contribution in [0.5, 0.6) is 0 Å². The number of sulfone groups is 1. The second-order valence-electron chi connectivity index (χ2n) is 5.40. The van der Waals surface area contributed by atoms with Crippen LogP contribution in [0.25, 0.3) is 0 Å². The van der Waals surface area contributed by atoms with E-state index in [0.717, 1.165) is 37.9 Å². The average molecular weight is 297 g/mol. The number of benzene rings is 1. The lowest BCUT2D eigenvalue weighted by atomic mass is 9.99. The van der Waals surface area contributed by atoms with Crippen LogP contribution < -0.4 is 5.32 Å². The molecule has 4 nitrogen and oxygen atoms in total. The smallest absolute Gasteiger partial charge is 0.175 e. The van der Waals surface area contributed by atoms with E-state index in [4.69, 9.17) is 4.74 Å². The Morgan fingerprint density at radius 3 is 2.85 bits per heavy atom. The first-order valence-electron chi connectivity index (χ1n) is 7.09. The molecule has 5 heteroatoms. The van der Waals surface area contributed by atoms with Gasteiger partial charge in [-0.25, -0.2) is 8.42 Å². The van der Waals surface area contributed by atoms with Crippen molar-refractivity contribution in [2.24, 2.45) is 0 Å². The van der Waals surface area contributed by atoms with Gasteiger partial charge in [-0.3, -0.25) is 0 Å². The second kappa shape index (κ2) is 6.70. The minimum Gasteiger partial charge on any atom is -0.378 e. The lowest BCUT2D eigenvalue weighted by molar-refractivity contribution is 0.0998. The standard InChI is InChI=1S/C15H23NO3S/c1-16-15(9-8-13-6-4-10-19-13)12-5-3-7-14(11-12)20(2,17)18/h3,5,7,11,13,15-16H,4,6,8-10H2,1-2H3. The lowest BCUT2D eigenvalue weighted by Gasteiger charge is -2.19. The van der Waals surface area contributed by atoms with E-state index in [-0.39, 0.29) is 6.04 Å². The first kappa shape index (κ1) is 15.5. The van der Waals surface area contributed by atoms with Crippen LogP contribution in [0.3, 0.4) is 0 Å². The Bertz CT molecular complexity index is 536. The van der Waals surface area contributed by atoms with Gasteiger partial charge in [0.2, 0.25) is 0 Å². The molecule has 0 spiro atoms. The first-order chi connectivity index (χ1) is 9.50. The van der Waals surface area contributed by atoms with Crippen molar-refractivity contribution in [3.63, 3.8) is 0 Å². The van der Waals surface area contributed by atoms with Gasteiger partial charge in [0.05, 0.1) is 11.0 Å². The monoisotopic (exact) mass is 297 g/mol. The Balaban J connectivity index is 2.06. The van der Waals surface area contributed by atoms with Gasteiger partial charge in [0.25, 0.3) is 0 Å². The highest BCUT2D eigenvalue weighted by atomic mass is 32.2. The van der Waals surface area contributed by atoms with Crippen LogP contribution in [0.4, 0.5) is 0 Å². The molecule has 1 saturated heterocycles. The van der Waals surface area contributed by atoms with Crippen molar-refractivity contribution >= 4 is 9.84 Å².